The maximum absolute atomic E-state index is 15.4. The molecule has 1 aliphatic heterocycles. The second-order valence-electron chi connectivity index (χ2n) is 6.99. The van der Waals surface area contributed by atoms with Gasteiger partial charge in [-0.15, -0.1) is 0 Å². The summed E-state index contributed by atoms with van der Waals surface area (Å²) in [6.45, 7) is 2.01. The average molecular weight is 364 g/mol. The molecule has 2 aliphatic rings. The molecule has 7 nitrogen and oxygen atoms in total. The van der Waals surface area contributed by atoms with Gasteiger partial charge < -0.3 is 26.0 Å². The minimum atomic E-state index is -1.46. The summed E-state index contributed by atoms with van der Waals surface area (Å²) in [5.41, 5.74) is 9.12. The van der Waals surface area contributed by atoms with Gasteiger partial charge >= 0.3 is 5.97 Å². The van der Waals surface area contributed by atoms with E-state index in [1.165, 1.54) is 9.47 Å². The van der Waals surface area contributed by atoms with E-state index < -0.39 is 39.7 Å². The highest BCUT2D eigenvalue weighted by Gasteiger charge is 2.39. The van der Waals surface area contributed by atoms with E-state index in [4.69, 9.17) is 11.5 Å². The van der Waals surface area contributed by atoms with Crippen LogP contribution in [-0.2, 0) is 0 Å². The summed E-state index contributed by atoms with van der Waals surface area (Å²) in [7, 11) is 0. The largest absolute Gasteiger partial charge is 0.477 e. The molecule has 2 fully saturated rings. The topological polar surface area (TPSA) is 115 Å². The first kappa shape index (κ1) is 16.8. The number of aromatic nitrogens is 1. The third-order valence-electron chi connectivity index (χ3n) is 5.34. The van der Waals surface area contributed by atoms with Crippen LogP contribution in [0.15, 0.2) is 11.0 Å². The predicted octanol–water partition coefficient (Wildman–Crippen LogP) is 1.43. The van der Waals surface area contributed by atoms with E-state index in [1.54, 1.807) is 6.92 Å². The van der Waals surface area contributed by atoms with Gasteiger partial charge in [-0.1, -0.05) is 0 Å². The van der Waals surface area contributed by atoms with Crippen LogP contribution in [0.4, 0.5) is 20.2 Å². The summed E-state index contributed by atoms with van der Waals surface area (Å²) in [6, 6.07) is -0.638. The number of halogens is 2. The Balaban J connectivity index is 2.10. The second kappa shape index (κ2) is 5.41. The van der Waals surface area contributed by atoms with Gasteiger partial charge in [-0.3, -0.25) is 4.79 Å². The molecule has 1 aromatic heterocycles. The van der Waals surface area contributed by atoms with Crippen molar-refractivity contribution in [2.24, 2.45) is 5.73 Å². The number of aromatic carboxylic acids is 1. The molecule has 1 aliphatic carbocycles. The molecule has 0 spiro atoms. The molecule has 1 saturated heterocycles. The number of benzene rings is 1. The Hall–Kier alpha value is -2.68. The molecule has 0 unspecified atom stereocenters. The number of pyridine rings is 1. The quantitative estimate of drug-likeness (QED) is 0.710. The lowest BCUT2D eigenvalue weighted by Gasteiger charge is -2.46. The van der Waals surface area contributed by atoms with Gasteiger partial charge in [0.2, 0.25) is 5.43 Å². The summed E-state index contributed by atoms with van der Waals surface area (Å²) in [5.74, 6) is -3.43. The Bertz CT molecular complexity index is 1020. The van der Waals surface area contributed by atoms with E-state index in [1.807, 2.05) is 0 Å². The van der Waals surface area contributed by atoms with Crippen molar-refractivity contribution in [3.05, 3.63) is 33.6 Å². The van der Waals surface area contributed by atoms with Crippen molar-refractivity contribution in [2.45, 2.75) is 37.9 Å². The van der Waals surface area contributed by atoms with Crippen molar-refractivity contribution in [2.75, 3.05) is 17.2 Å². The van der Waals surface area contributed by atoms with Gasteiger partial charge in [0.15, 0.2) is 11.6 Å². The number of nitrogens with two attached hydrogens (primary N) is 2. The average Bonchev–Trinajstić information content (AvgIpc) is 3.43. The van der Waals surface area contributed by atoms with Crippen LogP contribution in [0.5, 0.6) is 0 Å². The molecule has 26 heavy (non-hydrogen) atoms. The summed E-state index contributed by atoms with van der Waals surface area (Å²) >= 11 is 0. The lowest BCUT2D eigenvalue weighted by atomic mass is 9.96. The van der Waals surface area contributed by atoms with Gasteiger partial charge in [-0.25, -0.2) is 13.6 Å². The summed E-state index contributed by atoms with van der Waals surface area (Å²) in [5, 5.41) is 8.85. The smallest absolute Gasteiger partial charge is 0.341 e. The number of hydrogen-bond acceptors (Lipinski definition) is 5. The fourth-order valence-electron chi connectivity index (χ4n) is 3.53. The fourth-order valence-corrected chi connectivity index (χ4v) is 3.53. The summed E-state index contributed by atoms with van der Waals surface area (Å²) in [6.07, 6.45) is 2.56. The van der Waals surface area contributed by atoms with Gasteiger partial charge in [-0.05, 0) is 19.8 Å². The number of hydrogen-bond donors (Lipinski definition) is 3. The molecule has 2 atom stereocenters. The molecule has 2 heterocycles. The Kier molecular flexibility index (Phi) is 3.49. The number of fused-ring (bicyclic) bond motifs is 1. The standard InChI is InChI=1S/C17H18F2N4O3/c1-6-9(20)5-22(6)15-11(18)13(21)10-14(12(15)19)23(7-2-3-7)4-8(16(10)24)17(25)26/h4,6-7,9H,2-3,5,20-21H2,1H3,(H,25,26)/t6-,9+/m1/s1. The first-order valence-electron chi connectivity index (χ1n) is 8.34. The SMILES string of the molecule is C[C@@H]1[C@@H](N)CN1c1c(F)c(N)c2c(=O)c(C(=O)O)cn(C3CC3)c2c1F. The van der Waals surface area contributed by atoms with E-state index in [-0.39, 0.29) is 35.9 Å². The summed E-state index contributed by atoms with van der Waals surface area (Å²) in [4.78, 5) is 25.4. The first-order valence-corrected chi connectivity index (χ1v) is 8.34. The van der Waals surface area contributed by atoms with E-state index in [9.17, 15) is 19.1 Å². The lowest BCUT2D eigenvalue weighted by Crippen LogP contribution is -2.63. The number of carboxylic acid groups (broad SMARTS) is 1. The third kappa shape index (κ3) is 2.13. The third-order valence-corrected chi connectivity index (χ3v) is 5.34. The van der Waals surface area contributed by atoms with Crippen molar-refractivity contribution in [3.63, 3.8) is 0 Å². The van der Waals surface area contributed by atoms with E-state index in [0.717, 1.165) is 6.20 Å². The zero-order valence-electron chi connectivity index (χ0n) is 14.0. The van der Waals surface area contributed by atoms with E-state index in [0.29, 0.717) is 12.8 Å². The van der Waals surface area contributed by atoms with Gasteiger partial charge in [-0.2, -0.15) is 0 Å². The molecule has 5 N–H and O–H groups in total. The number of nitrogens with zero attached hydrogens (tertiary/aromatic N) is 2. The molecule has 0 amide bonds. The predicted molar refractivity (Wildman–Crippen MR) is 92.6 cm³/mol. The summed E-state index contributed by atoms with van der Waals surface area (Å²) < 4.78 is 31.6. The van der Waals surface area contributed by atoms with Crippen molar-refractivity contribution >= 4 is 28.2 Å². The molecule has 2 aromatic rings. The highest BCUT2D eigenvalue weighted by atomic mass is 19.1. The number of anilines is 2. The van der Waals surface area contributed by atoms with E-state index in [2.05, 4.69) is 0 Å². The zero-order valence-corrected chi connectivity index (χ0v) is 14.0. The highest BCUT2D eigenvalue weighted by molar-refractivity contribution is 6.00. The van der Waals surface area contributed by atoms with Gasteiger partial charge in [0.25, 0.3) is 0 Å². The van der Waals surface area contributed by atoms with Crippen LogP contribution in [0, 0.1) is 11.6 Å². The maximum Gasteiger partial charge on any atom is 0.341 e. The van der Waals surface area contributed by atoms with Crippen molar-refractivity contribution in [1.29, 1.82) is 0 Å². The zero-order chi connectivity index (χ0) is 18.9. The van der Waals surface area contributed by atoms with Crippen LogP contribution >= 0.6 is 0 Å². The van der Waals surface area contributed by atoms with Crippen molar-refractivity contribution < 1.29 is 18.7 Å². The maximum atomic E-state index is 15.4. The normalized spacial score (nSPS) is 22.5. The second-order valence-corrected chi connectivity index (χ2v) is 6.99. The lowest BCUT2D eigenvalue weighted by molar-refractivity contribution is 0.0695. The molecule has 138 valence electrons. The number of nitrogen functional groups attached to an aromatic ring is 1. The van der Waals surface area contributed by atoms with Crippen LogP contribution in [0.25, 0.3) is 10.9 Å². The van der Waals surface area contributed by atoms with Gasteiger partial charge in [0.1, 0.15) is 11.3 Å². The monoisotopic (exact) mass is 364 g/mol. The molecular formula is C17H18F2N4O3. The molecule has 9 heteroatoms. The Labute approximate surface area is 146 Å². The minimum Gasteiger partial charge on any atom is -0.477 e. The molecular weight excluding hydrogens is 346 g/mol. The highest BCUT2D eigenvalue weighted by Crippen LogP contribution is 2.42. The number of rotatable bonds is 3. The van der Waals surface area contributed by atoms with Gasteiger partial charge in [0.05, 0.1) is 16.6 Å². The number of carboxylic acids is 1. The molecule has 1 aromatic carbocycles. The minimum absolute atomic E-state index is 0.139. The Morgan fingerprint density at radius 3 is 2.46 bits per heavy atom. The Morgan fingerprint density at radius 2 is 1.96 bits per heavy atom. The van der Waals surface area contributed by atoms with E-state index >= 15 is 4.39 Å². The van der Waals surface area contributed by atoms with Crippen LogP contribution in [0.1, 0.15) is 36.2 Å². The molecule has 4 rings (SSSR count). The molecule has 1 saturated carbocycles. The fraction of sp³-hybridized carbons (Fsp3) is 0.412. The van der Waals surface area contributed by atoms with Crippen LogP contribution in [-0.4, -0.2) is 34.3 Å². The first-order chi connectivity index (χ1) is 12.2. The van der Waals surface area contributed by atoms with Crippen LogP contribution in [0.3, 0.4) is 0 Å². The Morgan fingerprint density at radius 1 is 1.31 bits per heavy atom. The molecule has 0 bridgehead atoms. The number of carbonyl (C=O) groups is 1. The van der Waals surface area contributed by atoms with Crippen LogP contribution in [0.2, 0.25) is 0 Å². The van der Waals surface area contributed by atoms with Crippen molar-refractivity contribution in [3.8, 4) is 0 Å². The van der Waals surface area contributed by atoms with Gasteiger partial charge in [0, 0.05) is 30.9 Å². The van der Waals surface area contributed by atoms with Crippen LogP contribution < -0.4 is 21.8 Å². The molecule has 0 radical (unpaired) electrons. The van der Waals surface area contributed by atoms with Crippen molar-refractivity contribution in [1.82, 2.24) is 4.57 Å².